The smallest absolute Gasteiger partial charge is 0.339 e. The van der Waals surface area contributed by atoms with E-state index in [0.717, 1.165) is 0 Å². The molecule has 2 aromatic rings. The molecular formula is C24H18FN3O4. The van der Waals surface area contributed by atoms with Gasteiger partial charge in [0.05, 0.1) is 12.3 Å². The lowest BCUT2D eigenvalue weighted by molar-refractivity contribution is -0.140. The van der Waals surface area contributed by atoms with Gasteiger partial charge in [0.25, 0.3) is 0 Å². The number of fused-ring (bicyclic) bond motifs is 7. The van der Waals surface area contributed by atoms with Crippen LogP contribution in [0.1, 0.15) is 28.4 Å². The summed E-state index contributed by atoms with van der Waals surface area (Å²) in [5.41, 5.74) is 0.666. The summed E-state index contributed by atoms with van der Waals surface area (Å²) in [4.78, 5) is 42.8. The number of ether oxygens (including phenoxy) is 1. The predicted molar refractivity (Wildman–Crippen MR) is 113 cm³/mol. The molecule has 3 aliphatic heterocycles. The number of nitrogens with one attached hydrogen (secondary N) is 2. The zero-order valence-electron chi connectivity index (χ0n) is 17.1. The normalized spacial score (nSPS) is 22.5. The summed E-state index contributed by atoms with van der Waals surface area (Å²) in [7, 11) is 0. The van der Waals surface area contributed by atoms with Gasteiger partial charge in [-0.2, -0.15) is 0 Å². The zero-order valence-corrected chi connectivity index (χ0v) is 17.1. The summed E-state index contributed by atoms with van der Waals surface area (Å²) in [6.45, 7) is 2.77. The number of hydrogen-bond donors (Lipinski definition) is 2. The molecule has 0 aromatic heterocycles. The van der Waals surface area contributed by atoms with E-state index in [2.05, 4.69) is 10.6 Å². The molecule has 8 heteroatoms. The molecule has 0 bridgehead atoms. The van der Waals surface area contributed by atoms with Crippen LogP contribution in [0.15, 0.2) is 59.4 Å². The Morgan fingerprint density at radius 3 is 2.75 bits per heavy atom. The lowest BCUT2D eigenvalue weighted by atomic mass is 9.66. The minimum atomic E-state index is -1.82. The molecule has 7 nitrogen and oxygen atoms in total. The number of anilines is 1. The van der Waals surface area contributed by atoms with Gasteiger partial charge < -0.3 is 20.3 Å². The van der Waals surface area contributed by atoms with Crippen LogP contribution in [0.4, 0.5) is 10.1 Å². The van der Waals surface area contributed by atoms with Crippen molar-refractivity contribution in [2.45, 2.75) is 12.3 Å². The standard InChI is InChI=1S/C24H18FN3O4/c1-2-32-22(30)18-21-26-9-10-28(21)19-13-5-3-4-6-14(13)20(29)17(19)24(18)15-11-12(25)7-8-16(15)27-23(24)31/h3-8,11,26H,2,9-10H2,1H3,(H,27,31). The van der Waals surface area contributed by atoms with Crippen molar-refractivity contribution in [3.63, 3.8) is 0 Å². The molecule has 1 amide bonds. The Kier molecular flexibility index (Phi) is 3.69. The first-order valence-electron chi connectivity index (χ1n) is 10.4. The van der Waals surface area contributed by atoms with Gasteiger partial charge in [-0.05, 0) is 25.1 Å². The summed E-state index contributed by atoms with van der Waals surface area (Å²) in [5, 5.41) is 5.98. The summed E-state index contributed by atoms with van der Waals surface area (Å²) in [5.74, 6) is -1.80. The topological polar surface area (TPSA) is 87.7 Å². The second-order valence-electron chi connectivity index (χ2n) is 8.01. The summed E-state index contributed by atoms with van der Waals surface area (Å²) in [6, 6.07) is 11.0. The molecule has 1 saturated heterocycles. The van der Waals surface area contributed by atoms with Gasteiger partial charge in [0.1, 0.15) is 22.6 Å². The third-order valence-electron chi connectivity index (χ3n) is 6.50. The molecule has 2 aromatic carbocycles. The Morgan fingerprint density at radius 2 is 1.97 bits per heavy atom. The van der Waals surface area contributed by atoms with Gasteiger partial charge >= 0.3 is 5.97 Å². The summed E-state index contributed by atoms with van der Waals surface area (Å²) >= 11 is 0. The first-order valence-corrected chi connectivity index (χ1v) is 10.4. The average Bonchev–Trinajstić information content (AvgIpc) is 3.44. The number of esters is 1. The van der Waals surface area contributed by atoms with Crippen LogP contribution < -0.4 is 10.6 Å². The number of rotatable bonds is 2. The molecule has 1 fully saturated rings. The number of Topliss-reactive ketones (excluding diaryl/α,β-unsaturated/α-hetero) is 1. The molecule has 4 aliphatic rings. The number of hydrogen-bond acceptors (Lipinski definition) is 6. The lowest BCUT2D eigenvalue weighted by Gasteiger charge is -2.39. The largest absolute Gasteiger partial charge is 0.462 e. The number of ketones is 1. The van der Waals surface area contributed by atoms with Crippen LogP contribution in [0.25, 0.3) is 5.70 Å². The fraction of sp³-hybridized carbons (Fsp3) is 0.208. The van der Waals surface area contributed by atoms with Crippen LogP contribution >= 0.6 is 0 Å². The van der Waals surface area contributed by atoms with E-state index in [1.165, 1.54) is 18.2 Å². The van der Waals surface area contributed by atoms with Gasteiger partial charge in [-0.1, -0.05) is 24.3 Å². The van der Waals surface area contributed by atoms with Crippen LogP contribution in [-0.4, -0.2) is 42.3 Å². The molecule has 6 rings (SSSR count). The quantitative estimate of drug-likeness (QED) is 0.710. The summed E-state index contributed by atoms with van der Waals surface area (Å²) in [6.07, 6.45) is 0. The van der Waals surface area contributed by atoms with E-state index in [1.54, 1.807) is 19.1 Å². The van der Waals surface area contributed by atoms with Crippen LogP contribution in [-0.2, 0) is 19.7 Å². The van der Waals surface area contributed by atoms with Crippen molar-refractivity contribution in [3.05, 3.63) is 81.9 Å². The molecule has 1 spiro atoms. The highest BCUT2D eigenvalue weighted by Crippen LogP contribution is 2.58. The van der Waals surface area contributed by atoms with Crippen molar-refractivity contribution in [2.75, 3.05) is 25.0 Å². The maximum absolute atomic E-state index is 14.5. The minimum absolute atomic E-state index is 0.0126. The Bertz CT molecular complexity index is 1330. The Hall–Kier alpha value is -3.94. The fourth-order valence-corrected chi connectivity index (χ4v) is 5.36. The molecule has 2 N–H and O–H groups in total. The van der Waals surface area contributed by atoms with Crippen molar-refractivity contribution in [1.29, 1.82) is 0 Å². The fourth-order valence-electron chi connectivity index (χ4n) is 5.36. The van der Waals surface area contributed by atoms with Gasteiger partial charge in [0, 0.05) is 41.0 Å². The highest BCUT2D eigenvalue weighted by atomic mass is 19.1. The molecular weight excluding hydrogens is 413 g/mol. The maximum atomic E-state index is 14.5. The number of benzene rings is 2. The number of carbonyl (C=O) groups is 3. The van der Waals surface area contributed by atoms with Crippen molar-refractivity contribution in [2.24, 2.45) is 0 Å². The second-order valence-corrected chi connectivity index (χ2v) is 8.01. The number of nitrogens with zero attached hydrogens (tertiary/aromatic N) is 1. The van der Waals surface area contributed by atoms with E-state index in [4.69, 9.17) is 4.74 Å². The zero-order chi connectivity index (χ0) is 22.2. The van der Waals surface area contributed by atoms with E-state index >= 15 is 0 Å². The molecule has 0 saturated carbocycles. The van der Waals surface area contributed by atoms with Gasteiger partial charge in [-0.25, -0.2) is 9.18 Å². The van der Waals surface area contributed by atoms with Crippen LogP contribution in [0.3, 0.4) is 0 Å². The SMILES string of the molecule is CCOC(=O)C1=C2NCCN2C2=C(C(=O)c3ccccc32)C12C(=O)Nc1ccc(F)cc12. The number of amides is 1. The minimum Gasteiger partial charge on any atom is -0.462 e. The Morgan fingerprint density at radius 1 is 1.19 bits per heavy atom. The Labute approximate surface area is 182 Å². The van der Waals surface area contributed by atoms with Gasteiger partial charge in [0.2, 0.25) is 5.91 Å². The number of carbonyl (C=O) groups excluding carboxylic acids is 3. The highest BCUT2D eigenvalue weighted by molar-refractivity contribution is 6.31. The predicted octanol–water partition coefficient (Wildman–Crippen LogP) is 2.32. The lowest BCUT2D eigenvalue weighted by Crippen LogP contribution is -2.49. The van der Waals surface area contributed by atoms with Crippen molar-refractivity contribution >= 4 is 29.0 Å². The van der Waals surface area contributed by atoms with Gasteiger partial charge in [0.15, 0.2) is 5.78 Å². The average molecular weight is 431 g/mol. The van der Waals surface area contributed by atoms with Gasteiger partial charge in [-0.15, -0.1) is 0 Å². The van der Waals surface area contributed by atoms with E-state index in [0.29, 0.717) is 41.4 Å². The molecule has 32 heavy (non-hydrogen) atoms. The van der Waals surface area contributed by atoms with Crippen LogP contribution in [0.5, 0.6) is 0 Å². The molecule has 1 unspecified atom stereocenters. The molecule has 0 radical (unpaired) electrons. The molecule has 1 aliphatic carbocycles. The van der Waals surface area contributed by atoms with Crippen molar-refractivity contribution in [1.82, 2.24) is 10.2 Å². The first-order chi connectivity index (χ1) is 15.5. The summed E-state index contributed by atoms with van der Waals surface area (Å²) < 4.78 is 19.8. The first kappa shape index (κ1) is 18.8. The van der Waals surface area contributed by atoms with Crippen LogP contribution in [0.2, 0.25) is 0 Å². The highest BCUT2D eigenvalue weighted by Gasteiger charge is 2.64. The monoisotopic (exact) mass is 431 g/mol. The van der Waals surface area contributed by atoms with E-state index < -0.39 is 23.1 Å². The van der Waals surface area contributed by atoms with E-state index in [9.17, 15) is 18.8 Å². The maximum Gasteiger partial charge on any atom is 0.339 e. The third kappa shape index (κ3) is 2.06. The van der Waals surface area contributed by atoms with Crippen LogP contribution in [0, 0.1) is 5.82 Å². The van der Waals surface area contributed by atoms with Crippen molar-refractivity contribution < 1.29 is 23.5 Å². The Balaban J connectivity index is 1.76. The third-order valence-corrected chi connectivity index (χ3v) is 6.50. The number of halogens is 1. The molecule has 3 heterocycles. The van der Waals surface area contributed by atoms with Gasteiger partial charge in [-0.3, -0.25) is 9.59 Å². The second kappa shape index (κ2) is 6.29. The van der Waals surface area contributed by atoms with Crippen molar-refractivity contribution in [3.8, 4) is 0 Å². The molecule has 160 valence electrons. The van der Waals surface area contributed by atoms with E-state index in [1.807, 2.05) is 17.0 Å². The van der Waals surface area contributed by atoms with E-state index in [-0.39, 0.29) is 29.1 Å². The molecule has 1 atom stereocenters.